The van der Waals surface area contributed by atoms with Gasteiger partial charge in [-0.2, -0.15) is 10.2 Å². The Kier molecular flexibility index (Phi) is 3.03. The van der Waals surface area contributed by atoms with E-state index in [1.807, 2.05) is 20.2 Å². The Bertz CT molecular complexity index is 484. The summed E-state index contributed by atoms with van der Waals surface area (Å²) in [7, 11) is 1.89. The van der Waals surface area contributed by atoms with Gasteiger partial charge >= 0.3 is 0 Å². The highest BCUT2D eigenvalue weighted by molar-refractivity contribution is 5.65. The number of hydrogen-bond acceptors (Lipinski definition) is 4. The highest BCUT2D eigenvalue weighted by atomic mass is 15.3. The number of anilines is 2. The maximum absolute atomic E-state index is 6.05. The third-order valence-corrected chi connectivity index (χ3v) is 2.87. The lowest BCUT2D eigenvalue weighted by atomic mass is 10.2. The molecule has 0 spiro atoms. The molecule has 2 aromatic heterocycles. The van der Waals surface area contributed by atoms with Gasteiger partial charge < -0.3 is 11.1 Å². The molecule has 2 heterocycles. The van der Waals surface area contributed by atoms with Gasteiger partial charge in [-0.05, 0) is 13.3 Å². The lowest BCUT2D eigenvalue weighted by Gasteiger charge is -2.14. The van der Waals surface area contributed by atoms with Crippen molar-refractivity contribution in [3.05, 3.63) is 23.7 Å². The Morgan fingerprint density at radius 2 is 2.35 bits per heavy atom. The van der Waals surface area contributed by atoms with Crippen LogP contribution in [0.4, 0.5) is 11.5 Å². The Morgan fingerprint density at radius 1 is 1.59 bits per heavy atom. The number of aromatic nitrogens is 4. The third-order valence-electron chi connectivity index (χ3n) is 2.87. The summed E-state index contributed by atoms with van der Waals surface area (Å²) in [5.74, 6) is 0.857. The molecule has 92 valence electrons. The highest BCUT2D eigenvalue weighted by Gasteiger charge is 2.15. The zero-order valence-corrected chi connectivity index (χ0v) is 10.4. The first-order chi connectivity index (χ1) is 8.13. The van der Waals surface area contributed by atoms with Crippen molar-refractivity contribution in [3.8, 4) is 0 Å². The summed E-state index contributed by atoms with van der Waals surface area (Å²) >= 11 is 0. The van der Waals surface area contributed by atoms with Crippen molar-refractivity contribution in [1.29, 1.82) is 0 Å². The maximum atomic E-state index is 6.05. The molecular formula is C11H18N6. The fourth-order valence-electron chi connectivity index (χ4n) is 1.81. The number of aromatic amines is 1. The monoisotopic (exact) mass is 234 g/mol. The van der Waals surface area contributed by atoms with Crippen molar-refractivity contribution in [1.82, 2.24) is 20.0 Å². The summed E-state index contributed by atoms with van der Waals surface area (Å²) in [6.07, 6.45) is 4.50. The lowest BCUT2D eigenvalue weighted by molar-refractivity contribution is 0.735. The number of rotatable bonds is 4. The largest absolute Gasteiger partial charge is 0.394 e. The summed E-state index contributed by atoms with van der Waals surface area (Å²) in [4.78, 5) is 0. The van der Waals surface area contributed by atoms with Gasteiger partial charge in [0.05, 0.1) is 23.6 Å². The molecule has 0 bridgehead atoms. The number of nitrogens with two attached hydrogens (primary N) is 1. The Labute approximate surface area is 100 Å². The van der Waals surface area contributed by atoms with Gasteiger partial charge in [0, 0.05) is 18.8 Å². The fraction of sp³-hybridized carbons (Fsp3) is 0.455. The van der Waals surface area contributed by atoms with E-state index in [9.17, 15) is 0 Å². The van der Waals surface area contributed by atoms with Crippen molar-refractivity contribution in [2.24, 2.45) is 7.05 Å². The van der Waals surface area contributed by atoms with Crippen molar-refractivity contribution >= 4 is 11.5 Å². The molecule has 0 saturated heterocycles. The molecule has 2 rings (SSSR count). The molecule has 0 aromatic carbocycles. The second-order valence-electron chi connectivity index (χ2n) is 4.08. The summed E-state index contributed by atoms with van der Waals surface area (Å²) in [6, 6.07) is 0.135. The van der Waals surface area contributed by atoms with E-state index in [0.29, 0.717) is 0 Å². The minimum Gasteiger partial charge on any atom is -0.394 e. The molecule has 0 aliphatic heterocycles. The molecule has 4 N–H and O–H groups in total. The summed E-state index contributed by atoms with van der Waals surface area (Å²) < 4.78 is 1.78. The Balaban J connectivity index is 2.21. The summed E-state index contributed by atoms with van der Waals surface area (Å²) in [6.45, 7) is 4.10. The first kappa shape index (κ1) is 11.5. The second-order valence-corrected chi connectivity index (χ2v) is 4.08. The van der Waals surface area contributed by atoms with Crippen LogP contribution in [0.3, 0.4) is 0 Å². The number of H-pyrrole nitrogens is 1. The number of nitrogen functional groups attached to an aromatic ring is 1. The lowest BCUT2D eigenvalue weighted by Crippen LogP contribution is -2.10. The molecule has 6 nitrogen and oxygen atoms in total. The van der Waals surface area contributed by atoms with E-state index in [0.717, 1.165) is 29.2 Å². The minimum absolute atomic E-state index is 0.135. The molecule has 0 aliphatic rings. The van der Waals surface area contributed by atoms with E-state index in [1.54, 1.807) is 10.9 Å². The zero-order chi connectivity index (χ0) is 12.4. The zero-order valence-electron chi connectivity index (χ0n) is 10.4. The average Bonchev–Trinajstić information content (AvgIpc) is 2.92. The minimum atomic E-state index is 0.135. The summed E-state index contributed by atoms with van der Waals surface area (Å²) in [5, 5.41) is 14.5. The van der Waals surface area contributed by atoms with Gasteiger partial charge in [-0.25, -0.2) is 0 Å². The molecule has 17 heavy (non-hydrogen) atoms. The number of hydrogen-bond donors (Lipinski definition) is 3. The highest BCUT2D eigenvalue weighted by Crippen LogP contribution is 2.26. The van der Waals surface area contributed by atoms with Crippen LogP contribution in [0.25, 0.3) is 0 Å². The van der Waals surface area contributed by atoms with Gasteiger partial charge in [-0.3, -0.25) is 9.78 Å². The quantitative estimate of drug-likeness (QED) is 0.747. The topological polar surface area (TPSA) is 84.5 Å². The molecule has 0 aliphatic carbocycles. The normalized spacial score (nSPS) is 12.6. The smallest absolute Gasteiger partial charge is 0.148 e. The summed E-state index contributed by atoms with van der Waals surface area (Å²) in [5.41, 5.74) is 8.79. The van der Waals surface area contributed by atoms with Crippen molar-refractivity contribution in [3.63, 3.8) is 0 Å². The predicted octanol–water partition coefficient (Wildman–Crippen LogP) is 1.46. The van der Waals surface area contributed by atoms with Gasteiger partial charge in [-0.15, -0.1) is 0 Å². The van der Waals surface area contributed by atoms with Gasteiger partial charge in [0.25, 0.3) is 0 Å². The van der Waals surface area contributed by atoms with Crippen molar-refractivity contribution < 1.29 is 0 Å². The van der Waals surface area contributed by atoms with Gasteiger partial charge in [0.1, 0.15) is 5.82 Å². The van der Waals surface area contributed by atoms with Crippen LogP contribution in [0.15, 0.2) is 12.4 Å². The van der Waals surface area contributed by atoms with Gasteiger partial charge in [0.2, 0.25) is 0 Å². The van der Waals surface area contributed by atoms with Crippen LogP contribution < -0.4 is 11.1 Å². The number of nitrogens with zero attached hydrogens (tertiary/aromatic N) is 3. The Morgan fingerprint density at radius 3 is 2.88 bits per heavy atom. The van der Waals surface area contributed by atoms with Crippen molar-refractivity contribution in [2.75, 3.05) is 11.1 Å². The molecule has 6 heteroatoms. The van der Waals surface area contributed by atoms with Crippen LogP contribution in [-0.2, 0) is 13.5 Å². The van der Waals surface area contributed by atoms with Crippen LogP contribution in [0.5, 0.6) is 0 Å². The molecule has 1 atom stereocenters. The van der Waals surface area contributed by atoms with Crippen LogP contribution in [0.1, 0.15) is 31.1 Å². The molecule has 0 amide bonds. The Hall–Kier alpha value is -1.98. The number of nitrogens with one attached hydrogen (secondary N) is 2. The van der Waals surface area contributed by atoms with Gasteiger partial charge in [-0.1, -0.05) is 6.92 Å². The average molecular weight is 234 g/mol. The van der Waals surface area contributed by atoms with E-state index in [-0.39, 0.29) is 6.04 Å². The number of aryl methyl sites for hydroxylation is 2. The third kappa shape index (κ3) is 2.11. The second kappa shape index (κ2) is 4.48. The molecule has 0 fully saturated rings. The molecule has 1 unspecified atom stereocenters. The molecule has 0 saturated carbocycles. The maximum Gasteiger partial charge on any atom is 0.148 e. The standard InChI is InChI=1S/C11H18N6/c1-4-9-10(12)11(17(3)16-9)15-7(2)8-5-13-14-6-8/h5-7,15H,4,12H2,1-3H3,(H,13,14). The van der Waals surface area contributed by atoms with E-state index < -0.39 is 0 Å². The van der Waals surface area contributed by atoms with E-state index in [1.165, 1.54) is 0 Å². The van der Waals surface area contributed by atoms with E-state index >= 15 is 0 Å². The molecule has 2 aromatic rings. The molecular weight excluding hydrogens is 216 g/mol. The first-order valence-corrected chi connectivity index (χ1v) is 5.70. The van der Waals surface area contributed by atoms with E-state index in [2.05, 4.69) is 27.5 Å². The van der Waals surface area contributed by atoms with Crippen LogP contribution in [0, 0.1) is 0 Å². The molecule has 0 radical (unpaired) electrons. The van der Waals surface area contributed by atoms with Crippen LogP contribution in [-0.4, -0.2) is 20.0 Å². The van der Waals surface area contributed by atoms with Crippen LogP contribution in [0.2, 0.25) is 0 Å². The van der Waals surface area contributed by atoms with Gasteiger partial charge in [0.15, 0.2) is 0 Å². The van der Waals surface area contributed by atoms with Crippen molar-refractivity contribution in [2.45, 2.75) is 26.3 Å². The fourth-order valence-corrected chi connectivity index (χ4v) is 1.81. The first-order valence-electron chi connectivity index (χ1n) is 5.70. The SMILES string of the molecule is CCc1nn(C)c(NC(C)c2cn[nH]c2)c1N. The van der Waals surface area contributed by atoms with E-state index in [4.69, 9.17) is 5.73 Å². The van der Waals surface area contributed by atoms with Crippen LogP contribution >= 0.6 is 0 Å². The predicted molar refractivity (Wildman–Crippen MR) is 67.6 cm³/mol.